The van der Waals surface area contributed by atoms with Crippen LogP contribution >= 0.6 is 0 Å². The summed E-state index contributed by atoms with van der Waals surface area (Å²) in [6, 6.07) is -0.130. The van der Waals surface area contributed by atoms with Crippen molar-refractivity contribution in [3.63, 3.8) is 0 Å². The van der Waals surface area contributed by atoms with Crippen molar-refractivity contribution in [2.75, 3.05) is 25.3 Å². The first-order chi connectivity index (χ1) is 12.4. The van der Waals surface area contributed by atoms with E-state index in [9.17, 15) is 9.59 Å². The third-order valence-corrected chi connectivity index (χ3v) is 4.69. The minimum Gasteiger partial charge on any atom is -0.383 e. The molecule has 0 aromatic carbocycles. The van der Waals surface area contributed by atoms with E-state index in [1.165, 1.54) is 9.13 Å². The summed E-state index contributed by atoms with van der Waals surface area (Å²) in [5, 5.41) is 6.29. The van der Waals surface area contributed by atoms with Gasteiger partial charge in [0.1, 0.15) is 0 Å². The molecule has 0 radical (unpaired) electrons. The molecule has 3 heterocycles. The zero-order chi connectivity index (χ0) is 19.0. The SMILES string of the molecule is C/C=C/Cn1c(=O)c2c(nc3n2[C@H](C)C(C)=NN3CCOC)n(C)c1=O. The largest absolute Gasteiger partial charge is 0.383 e. The smallest absolute Gasteiger partial charge is 0.332 e. The highest BCUT2D eigenvalue weighted by molar-refractivity contribution is 5.91. The molecule has 2 aromatic heterocycles. The lowest BCUT2D eigenvalue weighted by atomic mass is 10.2. The number of hydrazone groups is 1. The van der Waals surface area contributed by atoms with Crippen molar-refractivity contribution < 1.29 is 4.74 Å². The van der Waals surface area contributed by atoms with Gasteiger partial charge in [-0.3, -0.25) is 18.5 Å². The van der Waals surface area contributed by atoms with Crippen molar-refractivity contribution in [1.29, 1.82) is 0 Å². The predicted molar refractivity (Wildman–Crippen MR) is 101 cm³/mol. The molecule has 0 spiro atoms. The molecule has 26 heavy (non-hydrogen) atoms. The van der Waals surface area contributed by atoms with Crippen LogP contribution < -0.4 is 16.3 Å². The van der Waals surface area contributed by atoms with Crippen molar-refractivity contribution >= 4 is 22.8 Å². The van der Waals surface area contributed by atoms with E-state index < -0.39 is 0 Å². The molecule has 140 valence electrons. The number of hydrogen-bond acceptors (Lipinski definition) is 6. The van der Waals surface area contributed by atoms with E-state index in [4.69, 9.17) is 4.74 Å². The second-order valence-corrected chi connectivity index (χ2v) is 6.31. The van der Waals surface area contributed by atoms with Crippen LogP contribution in [0.15, 0.2) is 26.8 Å². The van der Waals surface area contributed by atoms with Gasteiger partial charge in [-0.1, -0.05) is 12.2 Å². The van der Waals surface area contributed by atoms with Gasteiger partial charge in [0.2, 0.25) is 5.95 Å². The third kappa shape index (κ3) is 2.68. The van der Waals surface area contributed by atoms with Crippen LogP contribution in [-0.4, -0.2) is 44.7 Å². The molecule has 0 aliphatic carbocycles. The van der Waals surface area contributed by atoms with E-state index in [0.717, 1.165) is 5.71 Å². The van der Waals surface area contributed by atoms with Crippen LogP contribution in [0.25, 0.3) is 11.2 Å². The van der Waals surface area contributed by atoms with Crippen LogP contribution in [0.1, 0.15) is 26.8 Å². The van der Waals surface area contributed by atoms with Gasteiger partial charge < -0.3 is 4.74 Å². The fourth-order valence-electron chi connectivity index (χ4n) is 3.08. The van der Waals surface area contributed by atoms with Gasteiger partial charge in [0.15, 0.2) is 11.2 Å². The van der Waals surface area contributed by atoms with Crippen LogP contribution in [-0.2, 0) is 18.3 Å². The molecule has 1 aliphatic heterocycles. The Morgan fingerprint density at radius 3 is 2.69 bits per heavy atom. The Balaban J connectivity index is 2.32. The first kappa shape index (κ1) is 18.1. The number of imidazole rings is 1. The van der Waals surface area contributed by atoms with Crippen LogP contribution in [0, 0.1) is 0 Å². The van der Waals surface area contributed by atoms with Gasteiger partial charge in [0, 0.05) is 20.7 Å². The zero-order valence-electron chi connectivity index (χ0n) is 15.8. The summed E-state index contributed by atoms with van der Waals surface area (Å²) < 4.78 is 9.66. The van der Waals surface area contributed by atoms with E-state index in [2.05, 4.69) is 10.1 Å². The number of aromatic nitrogens is 4. The molecule has 0 N–H and O–H groups in total. The first-order valence-electron chi connectivity index (χ1n) is 8.56. The zero-order valence-corrected chi connectivity index (χ0v) is 15.8. The van der Waals surface area contributed by atoms with Crippen molar-refractivity contribution in [3.05, 3.63) is 33.0 Å². The third-order valence-electron chi connectivity index (χ3n) is 4.69. The van der Waals surface area contributed by atoms with Crippen LogP contribution in [0.4, 0.5) is 5.95 Å². The number of aryl methyl sites for hydroxylation is 1. The number of rotatable bonds is 5. The average molecular weight is 360 g/mol. The Bertz CT molecular complexity index is 1010. The Kier molecular flexibility index (Phi) is 4.82. The number of allylic oxidation sites excluding steroid dienone is 2. The highest BCUT2D eigenvalue weighted by Crippen LogP contribution is 2.29. The maximum atomic E-state index is 13.1. The number of ether oxygens (including phenoxy) is 1. The quantitative estimate of drug-likeness (QED) is 0.739. The summed E-state index contributed by atoms with van der Waals surface area (Å²) >= 11 is 0. The molecule has 0 amide bonds. The summed E-state index contributed by atoms with van der Waals surface area (Å²) in [6.45, 7) is 6.94. The fourth-order valence-corrected chi connectivity index (χ4v) is 3.08. The van der Waals surface area contributed by atoms with E-state index >= 15 is 0 Å². The van der Waals surface area contributed by atoms with E-state index in [0.29, 0.717) is 30.3 Å². The van der Waals surface area contributed by atoms with Gasteiger partial charge in [-0.2, -0.15) is 10.1 Å². The maximum Gasteiger partial charge on any atom is 0.332 e. The summed E-state index contributed by atoms with van der Waals surface area (Å²) in [5.41, 5.74) is 0.917. The molecule has 0 unspecified atom stereocenters. The molecule has 2 aromatic rings. The Hall–Kier alpha value is -2.68. The average Bonchev–Trinajstić information content (AvgIpc) is 3.03. The van der Waals surface area contributed by atoms with Crippen molar-refractivity contribution in [2.45, 2.75) is 33.4 Å². The van der Waals surface area contributed by atoms with Crippen LogP contribution in [0.2, 0.25) is 0 Å². The summed E-state index contributed by atoms with van der Waals surface area (Å²) in [7, 11) is 3.25. The monoisotopic (exact) mass is 360 g/mol. The topological polar surface area (TPSA) is 86.7 Å². The first-order valence-corrected chi connectivity index (χ1v) is 8.56. The molecular weight excluding hydrogens is 336 g/mol. The van der Waals surface area contributed by atoms with Crippen LogP contribution in [0.5, 0.6) is 0 Å². The Morgan fingerprint density at radius 1 is 1.31 bits per heavy atom. The lowest BCUT2D eigenvalue weighted by Crippen LogP contribution is -2.40. The number of nitrogens with zero attached hydrogens (tertiary/aromatic N) is 6. The maximum absolute atomic E-state index is 13.1. The number of methoxy groups -OCH3 is 1. The fraction of sp³-hybridized carbons (Fsp3) is 0.529. The van der Waals surface area contributed by atoms with Gasteiger partial charge in [0.25, 0.3) is 5.56 Å². The second-order valence-electron chi connectivity index (χ2n) is 6.31. The number of fused-ring (bicyclic) bond motifs is 3. The minimum atomic E-state index is -0.384. The van der Waals surface area contributed by atoms with Gasteiger partial charge >= 0.3 is 5.69 Å². The summed E-state index contributed by atoms with van der Waals surface area (Å²) in [6.07, 6.45) is 3.59. The summed E-state index contributed by atoms with van der Waals surface area (Å²) in [4.78, 5) is 30.3. The lowest BCUT2D eigenvalue weighted by Gasteiger charge is -2.28. The Labute approximate surface area is 150 Å². The molecule has 9 nitrogen and oxygen atoms in total. The molecule has 0 saturated carbocycles. The summed E-state index contributed by atoms with van der Waals surface area (Å²) in [5.74, 6) is 0.547. The number of anilines is 1. The molecule has 9 heteroatoms. The van der Waals surface area contributed by atoms with Gasteiger partial charge in [-0.15, -0.1) is 0 Å². The highest BCUT2D eigenvalue weighted by atomic mass is 16.5. The minimum absolute atomic E-state index is 0.130. The molecular formula is C17H24N6O3. The molecule has 3 rings (SSSR count). The van der Waals surface area contributed by atoms with E-state index in [1.807, 2.05) is 31.4 Å². The van der Waals surface area contributed by atoms with Gasteiger partial charge in [0.05, 0.1) is 24.9 Å². The van der Waals surface area contributed by atoms with Gasteiger partial charge in [-0.05, 0) is 20.8 Å². The van der Waals surface area contributed by atoms with E-state index in [1.54, 1.807) is 25.2 Å². The molecule has 1 aliphatic rings. The lowest BCUT2D eigenvalue weighted by molar-refractivity contribution is 0.204. The molecule has 0 fully saturated rings. The van der Waals surface area contributed by atoms with Crippen molar-refractivity contribution in [3.8, 4) is 0 Å². The van der Waals surface area contributed by atoms with E-state index in [-0.39, 0.29) is 23.8 Å². The normalized spacial score (nSPS) is 17.2. The van der Waals surface area contributed by atoms with Crippen molar-refractivity contribution in [1.82, 2.24) is 18.7 Å². The standard InChI is InChI=1S/C17H24N6O3/c1-6-7-8-21-15(24)13-14(20(4)17(21)25)18-16-22(9-10-26-5)19-11(2)12(3)23(13)16/h6-7,12H,8-10H2,1-5H3/b7-6+/t12-/m1/s1. The molecule has 0 saturated heterocycles. The van der Waals surface area contributed by atoms with Crippen molar-refractivity contribution in [2.24, 2.45) is 12.1 Å². The van der Waals surface area contributed by atoms with Crippen LogP contribution in [0.3, 0.4) is 0 Å². The number of hydrogen-bond donors (Lipinski definition) is 0. The second kappa shape index (κ2) is 6.91. The predicted octanol–water partition coefficient (Wildman–Crippen LogP) is 0.876. The highest BCUT2D eigenvalue weighted by Gasteiger charge is 2.30. The van der Waals surface area contributed by atoms with Gasteiger partial charge in [-0.25, -0.2) is 9.80 Å². The molecule has 1 atom stereocenters. The molecule has 0 bridgehead atoms. The Morgan fingerprint density at radius 2 is 2.04 bits per heavy atom.